The second-order valence-corrected chi connectivity index (χ2v) is 5.83. The molecule has 15 heavy (non-hydrogen) atoms. The largest absolute Gasteiger partial charge is 0.271 e. The van der Waals surface area contributed by atoms with Crippen LogP contribution in [0.1, 0.15) is 30.0 Å². The summed E-state index contributed by atoms with van der Waals surface area (Å²) in [6.45, 7) is 4.51. The van der Waals surface area contributed by atoms with Gasteiger partial charge >= 0.3 is 0 Å². The molecule has 1 aliphatic rings. The van der Waals surface area contributed by atoms with Crippen molar-refractivity contribution in [3.8, 4) is 0 Å². The summed E-state index contributed by atoms with van der Waals surface area (Å²) in [5.74, 6) is 7.27. The number of aryl methyl sites for hydroxylation is 1. The maximum absolute atomic E-state index is 5.62. The molecule has 3 N–H and O–H groups in total. The Kier molecular flexibility index (Phi) is 3.44. The van der Waals surface area contributed by atoms with E-state index in [1.807, 2.05) is 11.3 Å². The summed E-state index contributed by atoms with van der Waals surface area (Å²) in [5, 5.41) is 0. The maximum Gasteiger partial charge on any atom is 0.0289 e. The number of rotatable bonds is 5. The van der Waals surface area contributed by atoms with Gasteiger partial charge in [0.2, 0.25) is 0 Å². The lowest BCUT2D eigenvalue weighted by molar-refractivity contribution is 0.457. The van der Waals surface area contributed by atoms with Gasteiger partial charge in [-0.15, -0.1) is 11.3 Å². The molecule has 1 aromatic rings. The van der Waals surface area contributed by atoms with Gasteiger partial charge in [0.05, 0.1) is 0 Å². The van der Waals surface area contributed by atoms with Crippen LogP contribution in [0.5, 0.6) is 0 Å². The Labute approximate surface area is 95.8 Å². The van der Waals surface area contributed by atoms with E-state index in [4.69, 9.17) is 5.84 Å². The lowest BCUT2D eigenvalue weighted by Crippen LogP contribution is -2.38. The average Bonchev–Trinajstić information content (AvgIpc) is 2.81. The summed E-state index contributed by atoms with van der Waals surface area (Å²) in [6, 6.07) is 4.97. The molecule has 3 unspecified atom stereocenters. The minimum atomic E-state index is 0.475. The molecule has 84 valence electrons. The van der Waals surface area contributed by atoms with Crippen LogP contribution in [0, 0.1) is 11.8 Å². The summed E-state index contributed by atoms with van der Waals surface area (Å²) < 4.78 is 0. The number of nitrogens with one attached hydrogen (secondary N) is 1. The van der Waals surface area contributed by atoms with E-state index in [0.717, 1.165) is 24.7 Å². The van der Waals surface area contributed by atoms with E-state index in [9.17, 15) is 0 Å². The smallest absolute Gasteiger partial charge is 0.0289 e. The van der Waals surface area contributed by atoms with E-state index in [0.29, 0.717) is 6.04 Å². The zero-order chi connectivity index (χ0) is 10.8. The van der Waals surface area contributed by atoms with Crippen LogP contribution >= 0.6 is 11.3 Å². The SMILES string of the molecule is CCc1ccc(CC(NN)C2CC2C)s1. The molecule has 0 spiro atoms. The summed E-state index contributed by atoms with van der Waals surface area (Å²) in [6.07, 6.45) is 3.57. The highest BCUT2D eigenvalue weighted by molar-refractivity contribution is 7.11. The van der Waals surface area contributed by atoms with Crippen LogP contribution in [-0.4, -0.2) is 6.04 Å². The van der Waals surface area contributed by atoms with Crippen molar-refractivity contribution in [1.29, 1.82) is 0 Å². The number of nitrogens with two attached hydrogens (primary N) is 1. The Morgan fingerprint density at radius 3 is 2.67 bits per heavy atom. The third kappa shape index (κ3) is 2.60. The van der Waals surface area contributed by atoms with Crippen molar-refractivity contribution < 1.29 is 0 Å². The molecule has 0 radical (unpaired) electrons. The molecule has 2 nitrogen and oxygen atoms in total. The predicted octanol–water partition coefficient (Wildman–Crippen LogP) is 2.34. The highest BCUT2D eigenvalue weighted by Crippen LogP contribution is 2.41. The molecule has 0 aromatic carbocycles. The van der Waals surface area contributed by atoms with Gasteiger partial charge in [-0.25, -0.2) is 0 Å². The van der Waals surface area contributed by atoms with Crippen molar-refractivity contribution in [1.82, 2.24) is 5.43 Å². The standard InChI is InChI=1S/C12H20N2S/c1-3-9-4-5-10(15-9)7-12(14-13)11-6-8(11)2/h4-5,8,11-12,14H,3,6-7,13H2,1-2H3. The molecule has 0 amide bonds. The topological polar surface area (TPSA) is 38.0 Å². The first-order valence-corrected chi connectivity index (χ1v) is 6.60. The molecule has 1 heterocycles. The molecule has 1 aliphatic carbocycles. The van der Waals surface area contributed by atoms with E-state index in [-0.39, 0.29) is 0 Å². The summed E-state index contributed by atoms with van der Waals surface area (Å²) in [7, 11) is 0. The third-order valence-electron chi connectivity index (χ3n) is 3.39. The van der Waals surface area contributed by atoms with Crippen LogP contribution in [0.25, 0.3) is 0 Å². The highest BCUT2D eigenvalue weighted by Gasteiger charge is 2.38. The lowest BCUT2D eigenvalue weighted by Gasteiger charge is -2.14. The second-order valence-electron chi connectivity index (χ2n) is 4.58. The first-order chi connectivity index (χ1) is 7.24. The third-order valence-corrected chi connectivity index (χ3v) is 4.64. The first kappa shape index (κ1) is 11.1. The minimum Gasteiger partial charge on any atom is -0.271 e. The van der Waals surface area contributed by atoms with Crippen molar-refractivity contribution in [2.24, 2.45) is 17.7 Å². The Morgan fingerprint density at radius 1 is 1.53 bits per heavy atom. The van der Waals surface area contributed by atoms with Gasteiger partial charge in [0.1, 0.15) is 0 Å². The molecule has 1 aromatic heterocycles. The maximum atomic E-state index is 5.62. The number of hydrogen-bond donors (Lipinski definition) is 2. The Bertz CT molecular complexity index is 321. The summed E-state index contributed by atoms with van der Waals surface area (Å²) in [5.41, 5.74) is 2.98. The molecule has 0 saturated heterocycles. The van der Waals surface area contributed by atoms with Gasteiger partial charge < -0.3 is 0 Å². The van der Waals surface area contributed by atoms with Crippen molar-refractivity contribution in [2.45, 2.75) is 39.2 Å². The van der Waals surface area contributed by atoms with E-state index >= 15 is 0 Å². The number of thiophene rings is 1. The van der Waals surface area contributed by atoms with E-state index in [2.05, 4.69) is 31.4 Å². The molecule has 0 aliphatic heterocycles. The fourth-order valence-electron chi connectivity index (χ4n) is 2.18. The van der Waals surface area contributed by atoms with E-state index in [1.54, 1.807) is 0 Å². The fourth-order valence-corrected chi connectivity index (χ4v) is 3.20. The summed E-state index contributed by atoms with van der Waals surface area (Å²) in [4.78, 5) is 2.94. The molecular weight excluding hydrogens is 204 g/mol. The highest BCUT2D eigenvalue weighted by atomic mass is 32.1. The molecule has 2 rings (SSSR count). The second kappa shape index (κ2) is 4.64. The Hall–Kier alpha value is -0.380. The monoisotopic (exact) mass is 224 g/mol. The average molecular weight is 224 g/mol. The van der Waals surface area contributed by atoms with Crippen LogP contribution in [0.4, 0.5) is 0 Å². The predicted molar refractivity (Wildman–Crippen MR) is 65.8 cm³/mol. The fraction of sp³-hybridized carbons (Fsp3) is 0.667. The van der Waals surface area contributed by atoms with Gasteiger partial charge in [-0.3, -0.25) is 11.3 Å². The Morgan fingerprint density at radius 2 is 2.20 bits per heavy atom. The van der Waals surface area contributed by atoms with Gasteiger partial charge in [-0.2, -0.15) is 0 Å². The molecule has 1 fully saturated rings. The van der Waals surface area contributed by atoms with Crippen molar-refractivity contribution in [2.75, 3.05) is 0 Å². The zero-order valence-corrected chi connectivity index (χ0v) is 10.3. The van der Waals surface area contributed by atoms with Gasteiger partial charge in [-0.1, -0.05) is 13.8 Å². The van der Waals surface area contributed by atoms with Crippen LogP contribution in [0.2, 0.25) is 0 Å². The van der Waals surface area contributed by atoms with E-state index in [1.165, 1.54) is 16.2 Å². The van der Waals surface area contributed by atoms with E-state index < -0.39 is 0 Å². The van der Waals surface area contributed by atoms with Crippen molar-refractivity contribution >= 4 is 11.3 Å². The van der Waals surface area contributed by atoms with Crippen molar-refractivity contribution in [3.05, 3.63) is 21.9 Å². The van der Waals surface area contributed by atoms with Crippen molar-refractivity contribution in [3.63, 3.8) is 0 Å². The van der Waals surface area contributed by atoms with Gasteiger partial charge in [0.15, 0.2) is 0 Å². The van der Waals surface area contributed by atoms with Crippen LogP contribution in [0.15, 0.2) is 12.1 Å². The number of hydrazine groups is 1. The quantitative estimate of drug-likeness (QED) is 0.595. The molecule has 3 atom stereocenters. The molecule has 0 bridgehead atoms. The Balaban J connectivity index is 1.94. The van der Waals surface area contributed by atoms with Gasteiger partial charge in [-0.05, 0) is 43.2 Å². The molecular formula is C12H20N2S. The lowest BCUT2D eigenvalue weighted by atomic mass is 10.1. The number of hydrogen-bond acceptors (Lipinski definition) is 3. The normalized spacial score (nSPS) is 26.6. The summed E-state index contributed by atoms with van der Waals surface area (Å²) >= 11 is 1.93. The van der Waals surface area contributed by atoms with Gasteiger partial charge in [0.25, 0.3) is 0 Å². The zero-order valence-electron chi connectivity index (χ0n) is 9.49. The molecule has 1 saturated carbocycles. The van der Waals surface area contributed by atoms with Crippen LogP contribution < -0.4 is 11.3 Å². The molecule has 3 heteroatoms. The van der Waals surface area contributed by atoms with Gasteiger partial charge in [0, 0.05) is 15.8 Å². The first-order valence-electron chi connectivity index (χ1n) is 5.78. The van der Waals surface area contributed by atoms with Crippen LogP contribution in [-0.2, 0) is 12.8 Å². The minimum absolute atomic E-state index is 0.475. The van der Waals surface area contributed by atoms with Crippen LogP contribution in [0.3, 0.4) is 0 Å².